The summed E-state index contributed by atoms with van der Waals surface area (Å²) in [5.74, 6) is 1.05. The van der Waals surface area contributed by atoms with Gasteiger partial charge in [0.2, 0.25) is 5.95 Å². The SMILES string of the molecule is C[C@@H](OC1CCC2NNC(c3cnc(N4CCN(C(=O)N(C)C)CC4)nc3)C2C1)c1c(Cl)cncc1Cl. The highest BCUT2D eigenvalue weighted by molar-refractivity contribution is 6.35. The van der Waals surface area contributed by atoms with Crippen molar-refractivity contribution >= 4 is 35.2 Å². The highest BCUT2D eigenvalue weighted by atomic mass is 35.5. The molecule has 0 radical (unpaired) electrons. The Balaban J connectivity index is 1.20. The third-order valence-corrected chi connectivity index (χ3v) is 8.23. The topological polar surface area (TPSA) is 98.8 Å². The van der Waals surface area contributed by atoms with Gasteiger partial charge in [-0.15, -0.1) is 0 Å². The first-order chi connectivity index (χ1) is 17.8. The average molecular weight is 550 g/mol. The summed E-state index contributed by atoms with van der Waals surface area (Å²) in [7, 11) is 3.56. The normalized spacial score (nSPS) is 26.6. The van der Waals surface area contributed by atoms with E-state index in [1.54, 1.807) is 31.4 Å². The summed E-state index contributed by atoms with van der Waals surface area (Å²) in [6.45, 7) is 4.75. The van der Waals surface area contributed by atoms with E-state index < -0.39 is 0 Å². The molecule has 1 aliphatic carbocycles. The summed E-state index contributed by atoms with van der Waals surface area (Å²) in [4.78, 5) is 31.2. The van der Waals surface area contributed by atoms with E-state index >= 15 is 0 Å². The maximum absolute atomic E-state index is 12.2. The number of carbonyl (C=O) groups excluding carboxylic acids is 1. The molecule has 2 aromatic rings. The zero-order chi connectivity index (χ0) is 26.1. The Kier molecular flexibility index (Phi) is 8.02. The molecule has 0 bridgehead atoms. The molecule has 4 unspecified atom stereocenters. The molecule has 1 saturated carbocycles. The van der Waals surface area contributed by atoms with Crippen molar-refractivity contribution in [2.24, 2.45) is 5.92 Å². The van der Waals surface area contributed by atoms with Gasteiger partial charge in [0.1, 0.15) is 0 Å². The number of anilines is 1. The van der Waals surface area contributed by atoms with Gasteiger partial charge in [-0.25, -0.2) is 20.2 Å². The fourth-order valence-electron chi connectivity index (χ4n) is 5.67. The molecule has 0 aromatic carbocycles. The van der Waals surface area contributed by atoms with Crippen molar-refractivity contribution < 1.29 is 9.53 Å². The Morgan fingerprint density at radius 1 is 1.05 bits per heavy atom. The summed E-state index contributed by atoms with van der Waals surface area (Å²) in [5.41, 5.74) is 8.78. The van der Waals surface area contributed by atoms with E-state index in [2.05, 4.69) is 30.7 Å². The van der Waals surface area contributed by atoms with Crippen molar-refractivity contribution in [3.63, 3.8) is 0 Å². The molecule has 4 heterocycles. The van der Waals surface area contributed by atoms with Gasteiger partial charge in [-0.2, -0.15) is 0 Å². The van der Waals surface area contributed by atoms with Crippen LogP contribution in [0.5, 0.6) is 0 Å². The minimum Gasteiger partial charge on any atom is -0.370 e. The van der Waals surface area contributed by atoms with Gasteiger partial charge < -0.3 is 19.4 Å². The Hall–Kier alpha value is -2.24. The van der Waals surface area contributed by atoms with E-state index in [1.165, 1.54) is 0 Å². The molecule has 3 fully saturated rings. The fourth-order valence-corrected chi connectivity index (χ4v) is 6.34. The van der Waals surface area contributed by atoms with E-state index in [9.17, 15) is 4.79 Å². The molecular formula is C25H34Cl2N8O2. The zero-order valence-corrected chi connectivity index (χ0v) is 22.9. The quantitative estimate of drug-likeness (QED) is 0.586. The number of nitrogens with zero attached hydrogens (tertiary/aromatic N) is 6. The second kappa shape index (κ2) is 11.2. The summed E-state index contributed by atoms with van der Waals surface area (Å²) < 4.78 is 6.45. The van der Waals surface area contributed by atoms with Crippen molar-refractivity contribution in [1.29, 1.82) is 0 Å². The van der Waals surface area contributed by atoms with Crippen molar-refractivity contribution in [2.75, 3.05) is 45.2 Å². The summed E-state index contributed by atoms with van der Waals surface area (Å²) >= 11 is 12.7. The van der Waals surface area contributed by atoms with Gasteiger partial charge in [-0.05, 0) is 32.1 Å². The minimum absolute atomic E-state index is 0.0430. The molecule has 5 rings (SSSR count). The number of fused-ring (bicyclic) bond motifs is 1. The van der Waals surface area contributed by atoms with E-state index in [0.29, 0.717) is 41.0 Å². The number of pyridine rings is 1. The second-order valence-electron chi connectivity index (χ2n) is 10.2. The van der Waals surface area contributed by atoms with E-state index in [4.69, 9.17) is 27.9 Å². The van der Waals surface area contributed by atoms with Gasteiger partial charge in [0.25, 0.3) is 0 Å². The third-order valence-electron chi connectivity index (χ3n) is 7.63. The Bertz CT molecular complexity index is 1080. The summed E-state index contributed by atoms with van der Waals surface area (Å²) in [6.07, 6.45) is 9.81. The van der Waals surface area contributed by atoms with Crippen LogP contribution in [0.3, 0.4) is 0 Å². The number of nitrogens with one attached hydrogen (secondary N) is 2. The van der Waals surface area contributed by atoms with Crippen molar-refractivity contribution in [3.05, 3.63) is 46.0 Å². The van der Waals surface area contributed by atoms with Gasteiger partial charge >= 0.3 is 6.03 Å². The van der Waals surface area contributed by atoms with Crippen molar-refractivity contribution in [3.8, 4) is 0 Å². The first kappa shape index (κ1) is 26.4. The number of aromatic nitrogens is 3. The van der Waals surface area contributed by atoms with Gasteiger partial charge in [0.05, 0.1) is 28.3 Å². The largest absolute Gasteiger partial charge is 0.370 e. The van der Waals surface area contributed by atoms with E-state index in [0.717, 1.165) is 43.5 Å². The lowest BCUT2D eigenvalue weighted by molar-refractivity contribution is -0.0370. The molecule has 12 heteroatoms. The number of piperazine rings is 1. The molecule has 10 nitrogen and oxygen atoms in total. The Labute approximate surface area is 227 Å². The molecule has 2 amide bonds. The molecule has 5 atom stereocenters. The summed E-state index contributed by atoms with van der Waals surface area (Å²) in [6, 6.07) is 0.514. The molecular weight excluding hydrogens is 515 g/mol. The van der Waals surface area contributed by atoms with Crippen molar-refractivity contribution in [1.82, 2.24) is 35.6 Å². The number of hydrazine groups is 1. The van der Waals surface area contributed by atoms with Gasteiger partial charge in [-0.1, -0.05) is 23.2 Å². The molecule has 2 aliphatic heterocycles. The third kappa shape index (κ3) is 5.63. The van der Waals surface area contributed by atoms with Crippen LogP contribution in [-0.4, -0.2) is 83.2 Å². The lowest BCUT2D eigenvalue weighted by Crippen LogP contribution is -2.51. The lowest BCUT2D eigenvalue weighted by Gasteiger charge is -2.36. The standard InChI is InChI=1S/C25H34Cl2N8O2/c1-15(22-19(26)13-28-14-20(22)27)37-17-4-5-21-18(10-17)23(32-31-21)16-11-29-24(30-12-16)34-6-8-35(9-7-34)25(36)33(2)3/h11-15,17-18,21,23,31-32H,4-10H2,1-3H3/t15-,17?,18?,21?,23?/m1/s1. The number of hydrogen-bond donors (Lipinski definition) is 2. The molecule has 2 aromatic heterocycles. The molecule has 200 valence electrons. The van der Waals surface area contributed by atoms with Crippen LogP contribution in [0.2, 0.25) is 10.0 Å². The van der Waals surface area contributed by atoms with Crippen molar-refractivity contribution in [2.45, 2.75) is 50.5 Å². The van der Waals surface area contributed by atoms with Crippen LogP contribution >= 0.6 is 23.2 Å². The predicted octanol–water partition coefficient (Wildman–Crippen LogP) is 3.45. The predicted molar refractivity (Wildman–Crippen MR) is 143 cm³/mol. The monoisotopic (exact) mass is 548 g/mol. The minimum atomic E-state index is -0.221. The van der Waals surface area contributed by atoms with Crippen LogP contribution in [0.4, 0.5) is 10.7 Å². The molecule has 0 spiro atoms. The van der Waals surface area contributed by atoms with Crippen LogP contribution in [0.1, 0.15) is 49.5 Å². The van der Waals surface area contributed by atoms with Gasteiger partial charge in [0.15, 0.2) is 0 Å². The van der Waals surface area contributed by atoms with Crippen LogP contribution in [-0.2, 0) is 4.74 Å². The zero-order valence-electron chi connectivity index (χ0n) is 21.4. The number of amides is 2. The number of rotatable bonds is 5. The Morgan fingerprint density at radius 2 is 1.73 bits per heavy atom. The number of hydrogen-bond acceptors (Lipinski definition) is 8. The molecule has 3 aliphatic rings. The number of urea groups is 1. The smallest absolute Gasteiger partial charge is 0.319 e. The van der Waals surface area contributed by atoms with Crippen LogP contribution in [0.25, 0.3) is 0 Å². The first-order valence-electron chi connectivity index (χ1n) is 12.8. The average Bonchev–Trinajstić information content (AvgIpc) is 3.31. The number of carbonyl (C=O) groups is 1. The number of halogens is 2. The highest BCUT2D eigenvalue weighted by Crippen LogP contribution is 2.41. The van der Waals surface area contributed by atoms with Gasteiger partial charge in [0, 0.05) is 82.2 Å². The molecule has 2 saturated heterocycles. The van der Waals surface area contributed by atoms with E-state index in [-0.39, 0.29) is 24.3 Å². The van der Waals surface area contributed by atoms with Crippen LogP contribution in [0, 0.1) is 5.92 Å². The maximum atomic E-state index is 12.2. The second-order valence-corrected chi connectivity index (χ2v) is 11.0. The first-order valence-corrected chi connectivity index (χ1v) is 13.6. The Morgan fingerprint density at radius 3 is 2.38 bits per heavy atom. The van der Waals surface area contributed by atoms with Crippen LogP contribution < -0.4 is 15.8 Å². The number of ether oxygens (including phenoxy) is 1. The van der Waals surface area contributed by atoms with E-state index in [1.807, 2.05) is 24.2 Å². The molecule has 37 heavy (non-hydrogen) atoms. The molecule has 2 N–H and O–H groups in total. The highest BCUT2D eigenvalue weighted by Gasteiger charge is 2.42. The van der Waals surface area contributed by atoms with Gasteiger partial charge in [-0.3, -0.25) is 10.4 Å². The lowest BCUT2D eigenvalue weighted by atomic mass is 9.78. The fraction of sp³-hybridized carbons (Fsp3) is 0.600. The van der Waals surface area contributed by atoms with Crippen LogP contribution in [0.15, 0.2) is 24.8 Å². The maximum Gasteiger partial charge on any atom is 0.319 e. The summed E-state index contributed by atoms with van der Waals surface area (Å²) in [5, 5.41) is 1.05.